The van der Waals surface area contributed by atoms with E-state index >= 15 is 0 Å². The predicted molar refractivity (Wildman–Crippen MR) is 70.7 cm³/mol. The van der Waals surface area contributed by atoms with E-state index in [4.69, 9.17) is 58.0 Å². The van der Waals surface area contributed by atoms with Gasteiger partial charge in [0.2, 0.25) is 3.79 Å². The molecule has 0 bridgehead atoms. The van der Waals surface area contributed by atoms with E-state index in [-0.39, 0.29) is 0 Å². The van der Waals surface area contributed by atoms with Gasteiger partial charge in [-0.2, -0.15) is 0 Å². The van der Waals surface area contributed by atoms with Crippen LogP contribution in [0.25, 0.3) is 0 Å². The molecule has 1 nitrogen and oxygen atoms in total. The van der Waals surface area contributed by atoms with Gasteiger partial charge in [-0.15, -0.1) is 0 Å². The van der Waals surface area contributed by atoms with Crippen LogP contribution in [0.5, 0.6) is 0 Å². The van der Waals surface area contributed by atoms with Crippen LogP contribution in [0.1, 0.15) is 24.2 Å². The maximum Gasteiger partial charge on any atom is 0.227 e. The molecule has 1 rings (SSSR count). The molecular weight excluding hydrogens is 313 g/mol. The second-order valence-corrected chi connectivity index (χ2v) is 6.98. The summed E-state index contributed by atoms with van der Waals surface area (Å²) in [4.78, 5) is 0. The fraction of sp³-hybridized carbons (Fsp3) is 0.400. The fourth-order valence-electron chi connectivity index (χ4n) is 1.16. The van der Waals surface area contributed by atoms with E-state index in [2.05, 4.69) is 0 Å². The second kappa shape index (κ2) is 5.09. The standard InChI is InChI=1S/C10H9Cl5O/c1-6(16)7-3-2-4-8(5-7)9(11,12)10(13,14)15/h2-6,16H,1H3. The van der Waals surface area contributed by atoms with E-state index in [0.717, 1.165) is 0 Å². The van der Waals surface area contributed by atoms with Crippen molar-refractivity contribution in [1.29, 1.82) is 0 Å². The van der Waals surface area contributed by atoms with E-state index in [1.807, 2.05) is 0 Å². The number of halogens is 5. The lowest BCUT2D eigenvalue weighted by Gasteiger charge is -2.28. The second-order valence-electron chi connectivity index (χ2n) is 3.37. The smallest absolute Gasteiger partial charge is 0.227 e. The van der Waals surface area contributed by atoms with Gasteiger partial charge in [-0.1, -0.05) is 82.3 Å². The lowest BCUT2D eigenvalue weighted by atomic mass is 10.1. The molecule has 0 amide bonds. The van der Waals surface area contributed by atoms with E-state index in [0.29, 0.717) is 11.1 Å². The van der Waals surface area contributed by atoms with Crippen LogP contribution in [0, 0.1) is 0 Å². The summed E-state index contributed by atoms with van der Waals surface area (Å²) in [5.41, 5.74) is 1.08. The summed E-state index contributed by atoms with van der Waals surface area (Å²) in [5.74, 6) is 0. The molecule has 0 saturated carbocycles. The van der Waals surface area contributed by atoms with Gasteiger partial charge in [-0.05, 0) is 18.1 Å². The highest BCUT2D eigenvalue weighted by atomic mass is 35.6. The van der Waals surface area contributed by atoms with Crippen molar-refractivity contribution in [3.63, 3.8) is 0 Å². The Hall–Kier alpha value is 0.630. The molecule has 0 heterocycles. The van der Waals surface area contributed by atoms with Gasteiger partial charge in [0.1, 0.15) is 0 Å². The Morgan fingerprint density at radius 1 is 1.12 bits per heavy atom. The van der Waals surface area contributed by atoms with Gasteiger partial charge in [0.25, 0.3) is 0 Å². The SMILES string of the molecule is CC(O)c1cccc(C(Cl)(Cl)C(Cl)(Cl)Cl)c1. The molecule has 6 heteroatoms. The van der Waals surface area contributed by atoms with Crippen molar-refractivity contribution in [2.45, 2.75) is 21.2 Å². The molecule has 1 atom stereocenters. The highest BCUT2D eigenvalue weighted by Crippen LogP contribution is 2.52. The van der Waals surface area contributed by atoms with Crippen LogP contribution in [0.15, 0.2) is 24.3 Å². The molecule has 16 heavy (non-hydrogen) atoms. The Kier molecular flexibility index (Phi) is 4.68. The van der Waals surface area contributed by atoms with Gasteiger partial charge in [0.15, 0.2) is 4.33 Å². The number of rotatable bonds is 2. The number of aliphatic hydroxyl groups is 1. The molecule has 1 aromatic rings. The highest BCUT2D eigenvalue weighted by molar-refractivity contribution is 6.75. The first-order chi connectivity index (χ1) is 7.16. The third kappa shape index (κ3) is 3.10. The van der Waals surface area contributed by atoms with Crippen molar-refractivity contribution in [2.24, 2.45) is 0 Å². The molecule has 0 aliphatic carbocycles. The average molecular weight is 322 g/mol. The number of aliphatic hydroxyl groups excluding tert-OH is 1. The van der Waals surface area contributed by atoms with Gasteiger partial charge in [0, 0.05) is 0 Å². The first-order valence-corrected chi connectivity index (χ1v) is 6.28. The maximum atomic E-state index is 9.43. The van der Waals surface area contributed by atoms with E-state index < -0.39 is 14.2 Å². The summed E-state index contributed by atoms with van der Waals surface area (Å²) in [5, 5.41) is 9.43. The Bertz CT molecular complexity index is 370. The van der Waals surface area contributed by atoms with Gasteiger partial charge >= 0.3 is 0 Å². The summed E-state index contributed by atoms with van der Waals surface area (Å²) in [6, 6.07) is 6.66. The Morgan fingerprint density at radius 3 is 2.12 bits per heavy atom. The molecule has 0 aliphatic rings. The molecule has 90 valence electrons. The molecule has 0 spiro atoms. The van der Waals surface area contributed by atoms with Crippen molar-refractivity contribution in [3.05, 3.63) is 35.4 Å². The zero-order chi connectivity index (χ0) is 12.6. The predicted octanol–water partition coefficient (Wildman–Crippen LogP) is 4.74. The fourth-order valence-corrected chi connectivity index (χ4v) is 1.72. The summed E-state index contributed by atoms with van der Waals surface area (Å²) < 4.78 is -3.52. The highest BCUT2D eigenvalue weighted by Gasteiger charge is 2.47. The molecule has 0 fully saturated rings. The third-order valence-electron chi connectivity index (χ3n) is 2.09. The summed E-state index contributed by atoms with van der Waals surface area (Å²) >= 11 is 29.1. The summed E-state index contributed by atoms with van der Waals surface area (Å²) in [6.07, 6.45) is -0.639. The average Bonchev–Trinajstić information content (AvgIpc) is 2.16. The van der Waals surface area contributed by atoms with Gasteiger partial charge < -0.3 is 5.11 Å². The Balaban J connectivity index is 3.19. The minimum atomic E-state index is -1.85. The van der Waals surface area contributed by atoms with Gasteiger partial charge in [0.05, 0.1) is 6.10 Å². The van der Waals surface area contributed by atoms with E-state index in [9.17, 15) is 5.11 Å². The van der Waals surface area contributed by atoms with Gasteiger partial charge in [-0.25, -0.2) is 0 Å². The Labute approximate surface area is 119 Å². The molecule has 0 saturated heterocycles. The lowest BCUT2D eigenvalue weighted by Crippen LogP contribution is -2.28. The molecule has 0 radical (unpaired) electrons. The number of hydrogen-bond donors (Lipinski definition) is 1. The molecule has 1 unspecified atom stereocenters. The first kappa shape index (κ1) is 14.7. The van der Waals surface area contributed by atoms with Crippen LogP contribution in [0.2, 0.25) is 0 Å². The number of benzene rings is 1. The molecule has 1 N–H and O–H groups in total. The van der Waals surface area contributed by atoms with Gasteiger partial charge in [-0.3, -0.25) is 0 Å². The van der Waals surface area contributed by atoms with Crippen LogP contribution in [0.4, 0.5) is 0 Å². The molecular formula is C10H9Cl5O. The van der Waals surface area contributed by atoms with Crippen LogP contribution < -0.4 is 0 Å². The zero-order valence-electron chi connectivity index (χ0n) is 8.22. The summed E-state index contributed by atoms with van der Waals surface area (Å²) in [7, 11) is 0. The topological polar surface area (TPSA) is 20.2 Å². The minimum Gasteiger partial charge on any atom is -0.389 e. The minimum absolute atomic E-state index is 0.425. The van der Waals surface area contributed by atoms with Crippen molar-refractivity contribution in [2.75, 3.05) is 0 Å². The van der Waals surface area contributed by atoms with E-state index in [1.165, 1.54) is 0 Å². The quantitative estimate of drug-likeness (QED) is 0.780. The number of alkyl halides is 5. The zero-order valence-corrected chi connectivity index (χ0v) is 12.0. The van der Waals surface area contributed by atoms with Crippen LogP contribution in [-0.2, 0) is 4.33 Å². The summed E-state index contributed by atoms with van der Waals surface area (Å²) in [6.45, 7) is 1.62. The molecule has 0 aliphatic heterocycles. The van der Waals surface area contributed by atoms with Crippen LogP contribution in [-0.4, -0.2) is 8.90 Å². The lowest BCUT2D eigenvalue weighted by molar-refractivity contribution is 0.199. The van der Waals surface area contributed by atoms with Crippen molar-refractivity contribution in [1.82, 2.24) is 0 Å². The first-order valence-electron chi connectivity index (χ1n) is 4.39. The molecule has 1 aromatic carbocycles. The van der Waals surface area contributed by atoms with Crippen LogP contribution in [0.3, 0.4) is 0 Å². The monoisotopic (exact) mass is 320 g/mol. The van der Waals surface area contributed by atoms with Crippen molar-refractivity contribution < 1.29 is 5.11 Å². The molecule has 0 aromatic heterocycles. The van der Waals surface area contributed by atoms with Crippen molar-refractivity contribution in [3.8, 4) is 0 Å². The Morgan fingerprint density at radius 2 is 1.69 bits per heavy atom. The van der Waals surface area contributed by atoms with Crippen molar-refractivity contribution >= 4 is 58.0 Å². The third-order valence-corrected chi connectivity index (χ3v) is 4.52. The normalized spacial score (nSPS) is 14.9. The largest absolute Gasteiger partial charge is 0.389 e. The maximum absolute atomic E-state index is 9.43. The number of hydrogen-bond acceptors (Lipinski definition) is 1. The van der Waals surface area contributed by atoms with E-state index in [1.54, 1.807) is 31.2 Å². The van der Waals surface area contributed by atoms with Crippen LogP contribution >= 0.6 is 58.0 Å².